The van der Waals surface area contributed by atoms with Crippen molar-refractivity contribution in [1.82, 2.24) is 0 Å². The first-order chi connectivity index (χ1) is 9.11. The van der Waals surface area contributed by atoms with Crippen LogP contribution >= 0.6 is 11.3 Å². The molecule has 2 rings (SSSR count). The van der Waals surface area contributed by atoms with E-state index in [9.17, 15) is 4.79 Å². The Balaban J connectivity index is 2.23. The van der Waals surface area contributed by atoms with Gasteiger partial charge in [-0.05, 0) is 43.5 Å². The number of ketones is 1. The number of hydrogen-bond acceptors (Lipinski definition) is 4. The number of Topliss-reactive ketones (excluding diaryl/α,β-unsaturated/α-hetero) is 1. The van der Waals surface area contributed by atoms with E-state index in [1.165, 1.54) is 11.8 Å². The molecular weight excluding hydrogens is 256 g/mol. The van der Waals surface area contributed by atoms with Gasteiger partial charge in [0, 0.05) is 28.4 Å². The molecule has 1 aromatic heterocycles. The summed E-state index contributed by atoms with van der Waals surface area (Å²) in [5.74, 6) is 0.00496. The van der Waals surface area contributed by atoms with Crippen LogP contribution in [0.25, 0.3) is 0 Å². The van der Waals surface area contributed by atoms with E-state index < -0.39 is 0 Å². The number of benzene rings is 1. The van der Waals surface area contributed by atoms with E-state index >= 15 is 0 Å². The second kappa shape index (κ2) is 5.89. The molecule has 0 spiro atoms. The smallest absolute Gasteiger partial charge is 0.161 e. The van der Waals surface area contributed by atoms with Crippen molar-refractivity contribution in [2.75, 3.05) is 17.2 Å². The third-order valence-electron chi connectivity index (χ3n) is 3.09. The highest BCUT2D eigenvalue weighted by molar-refractivity contribution is 7.09. The summed E-state index contributed by atoms with van der Waals surface area (Å²) in [6, 6.07) is 9.84. The SMILES string of the molecule is CCN(Cc1cccs1)c1ccc(C(C)=O)c(N)c1. The van der Waals surface area contributed by atoms with Gasteiger partial charge in [0.2, 0.25) is 0 Å². The van der Waals surface area contributed by atoms with Crippen molar-refractivity contribution >= 4 is 28.5 Å². The molecule has 0 amide bonds. The van der Waals surface area contributed by atoms with E-state index in [0.29, 0.717) is 11.3 Å². The Bertz CT molecular complexity index is 564. The molecule has 100 valence electrons. The van der Waals surface area contributed by atoms with Crippen molar-refractivity contribution in [3.8, 4) is 0 Å². The van der Waals surface area contributed by atoms with Gasteiger partial charge in [-0.25, -0.2) is 0 Å². The highest BCUT2D eigenvalue weighted by atomic mass is 32.1. The van der Waals surface area contributed by atoms with Gasteiger partial charge < -0.3 is 10.6 Å². The van der Waals surface area contributed by atoms with E-state index in [0.717, 1.165) is 18.8 Å². The molecule has 2 aromatic rings. The first-order valence-electron chi connectivity index (χ1n) is 6.29. The van der Waals surface area contributed by atoms with Crippen LogP contribution in [0.5, 0.6) is 0 Å². The second-order valence-electron chi connectivity index (χ2n) is 4.42. The molecule has 0 aliphatic carbocycles. The molecule has 1 heterocycles. The van der Waals surface area contributed by atoms with E-state index in [1.54, 1.807) is 11.3 Å². The van der Waals surface area contributed by atoms with Crippen molar-refractivity contribution in [3.63, 3.8) is 0 Å². The lowest BCUT2D eigenvalue weighted by Crippen LogP contribution is -2.21. The molecule has 0 saturated carbocycles. The number of hydrogen-bond donors (Lipinski definition) is 1. The number of nitrogen functional groups attached to an aromatic ring is 1. The zero-order valence-corrected chi connectivity index (χ0v) is 12.0. The van der Waals surface area contributed by atoms with Gasteiger partial charge in [0.15, 0.2) is 5.78 Å². The van der Waals surface area contributed by atoms with Gasteiger partial charge in [-0.2, -0.15) is 0 Å². The van der Waals surface area contributed by atoms with Crippen molar-refractivity contribution in [2.45, 2.75) is 20.4 Å². The lowest BCUT2D eigenvalue weighted by atomic mass is 10.1. The van der Waals surface area contributed by atoms with Crippen LogP contribution in [0.2, 0.25) is 0 Å². The largest absolute Gasteiger partial charge is 0.398 e. The van der Waals surface area contributed by atoms with Gasteiger partial charge in [0.05, 0.1) is 6.54 Å². The van der Waals surface area contributed by atoms with Crippen molar-refractivity contribution < 1.29 is 4.79 Å². The highest BCUT2D eigenvalue weighted by Gasteiger charge is 2.10. The van der Waals surface area contributed by atoms with Crippen LogP contribution in [-0.2, 0) is 6.54 Å². The minimum atomic E-state index is 0.00496. The van der Waals surface area contributed by atoms with Crippen molar-refractivity contribution in [2.24, 2.45) is 0 Å². The van der Waals surface area contributed by atoms with E-state index in [-0.39, 0.29) is 5.78 Å². The fourth-order valence-corrected chi connectivity index (χ4v) is 2.76. The van der Waals surface area contributed by atoms with E-state index in [4.69, 9.17) is 5.73 Å². The summed E-state index contributed by atoms with van der Waals surface area (Å²) in [6.45, 7) is 5.42. The molecule has 19 heavy (non-hydrogen) atoms. The van der Waals surface area contributed by atoms with Crippen LogP contribution in [0.1, 0.15) is 29.1 Å². The normalized spacial score (nSPS) is 10.4. The number of nitrogens with two attached hydrogens (primary N) is 1. The molecule has 0 radical (unpaired) electrons. The maximum absolute atomic E-state index is 11.4. The first kappa shape index (κ1) is 13.6. The van der Waals surface area contributed by atoms with E-state index in [1.807, 2.05) is 18.2 Å². The van der Waals surface area contributed by atoms with Crippen LogP contribution in [-0.4, -0.2) is 12.3 Å². The summed E-state index contributed by atoms with van der Waals surface area (Å²) in [5, 5.41) is 2.08. The maximum Gasteiger partial charge on any atom is 0.161 e. The Morgan fingerprint density at radius 2 is 2.16 bits per heavy atom. The predicted octanol–water partition coefficient (Wildman–Crippen LogP) is 3.56. The highest BCUT2D eigenvalue weighted by Crippen LogP contribution is 2.24. The van der Waals surface area contributed by atoms with Gasteiger partial charge in [-0.15, -0.1) is 11.3 Å². The maximum atomic E-state index is 11.4. The number of carbonyl (C=O) groups is 1. The first-order valence-corrected chi connectivity index (χ1v) is 7.17. The Labute approximate surface area is 117 Å². The third kappa shape index (κ3) is 3.15. The Morgan fingerprint density at radius 3 is 2.68 bits per heavy atom. The summed E-state index contributed by atoms with van der Waals surface area (Å²) in [5.41, 5.74) is 8.14. The van der Waals surface area contributed by atoms with Gasteiger partial charge in [0.1, 0.15) is 0 Å². The molecule has 0 fully saturated rings. The number of rotatable bonds is 5. The number of thiophene rings is 1. The van der Waals surface area contributed by atoms with Gasteiger partial charge in [0.25, 0.3) is 0 Å². The fraction of sp³-hybridized carbons (Fsp3) is 0.267. The van der Waals surface area contributed by atoms with E-state index in [2.05, 4.69) is 29.3 Å². The number of nitrogens with zero attached hydrogens (tertiary/aromatic N) is 1. The summed E-state index contributed by atoms with van der Waals surface area (Å²) in [7, 11) is 0. The summed E-state index contributed by atoms with van der Waals surface area (Å²) in [6.07, 6.45) is 0. The Morgan fingerprint density at radius 1 is 1.37 bits per heavy atom. The quantitative estimate of drug-likeness (QED) is 0.670. The van der Waals surface area contributed by atoms with Crippen LogP contribution in [0, 0.1) is 0 Å². The average Bonchev–Trinajstić information content (AvgIpc) is 2.88. The second-order valence-corrected chi connectivity index (χ2v) is 5.45. The topological polar surface area (TPSA) is 46.3 Å². The standard InChI is InChI=1S/C15H18N2OS/c1-3-17(10-13-5-4-8-19-13)12-6-7-14(11(2)18)15(16)9-12/h4-9H,3,10,16H2,1-2H3. The fourth-order valence-electron chi connectivity index (χ4n) is 2.04. The zero-order chi connectivity index (χ0) is 13.8. The van der Waals surface area contributed by atoms with Crippen molar-refractivity contribution in [1.29, 1.82) is 0 Å². The van der Waals surface area contributed by atoms with Crippen LogP contribution in [0.3, 0.4) is 0 Å². The molecule has 0 aliphatic rings. The Kier molecular flexibility index (Phi) is 4.22. The number of carbonyl (C=O) groups excluding carboxylic acids is 1. The number of anilines is 2. The Hall–Kier alpha value is -1.81. The molecule has 0 aliphatic heterocycles. The summed E-state index contributed by atoms with van der Waals surface area (Å²) < 4.78 is 0. The lowest BCUT2D eigenvalue weighted by Gasteiger charge is -2.23. The molecular formula is C15H18N2OS. The predicted molar refractivity (Wildman–Crippen MR) is 81.9 cm³/mol. The molecule has 4 heteroatoms. The van der Waals surface area contributed by atoms with Gasteiger partial charge in [-0.1, -0.05) is 6.07 Å². The van der Waals surface area contributed by atoms with Gasteiger partial charge in [-0.3, -0.25) is 4.79 Å². The van der Waals surface area contributed by atoms with Crippen molar-refractivity contribution in [3.05, 3.63) is 46.2 Å². The van der Waals surface area contributed by atoms with Crippen LogP contribution in [0.15, 0.2) is 35.7 Å². The van der Waals surface area contributed by atoms with Crippen LogP contribution in [0.4, 0.5) is 11.4 Å². The minimum absolute atomic E-state index is 0.00496. The molecule has 0 unspecified atom stereocenters. The molecule has 2 N–H and O–H groups in total. The van der Waals surface area contributed by atoms with Gasteiger partial charge >= 0.3 is 0 Å². The third-order valence-corrected chi connectivity index (χ3v) is 3.95. The lowest BCUT2D eigenvalue weighted by molar-refractivity contribution is 0.101. The summed E-state index contributed by atoms with van der Waals surface area (Å²) >= 11 is 1.75. The average molecular weight is 274 g/mol. The van der Waals surface area contributed by atoms with Crippen LogP contribution < -0.4 is 10.6 Å². The molecule has 3 nitrogen and oxygen atoms in total. The molecule has 0 saturated heterocycles. The monoisotopic (exact) mass is 274 g/mol. The molecule has 1 aromatic carbocycles. The zero-order valence-electron chi connectivity index (χ0n) is 11.2. The molecule has 0 bridgehead atoms. The minimum Gasteiger partial charge on any atom is -0.398 e. The summed E-state index contributed by atoms with van der Waals surface area (Å²) in [4.78, 5) is 14.9. The molecule has 0 atom stereocenters.